The van der Waals surface area contributed by atoms with Gasteiger partial charge in [-0.15, -0.1) is 0 Å². The third-order valence-corrected chi connectivity index (χ3v) is 3.06. The minimum absolute atomic E-state index is 0.215. The molecule has 0 saturated carbocycles. The van der Waals surface area contributed by atoms with Crippen LogP contribution in [-0.2, 0) is 0 Å². The molecule has 0 bridgehead atoms. The van der Waals surface area contributed by atoms with E-state index in [0.29, 0.717) is 0 Å². The number of likely N-dealkylation sites (tertiary alicyclic amines) is 1. The van der Waals surface area contributed by atoms with E-state index in [2.05, 4.69) is 11.0 Å². The number of benzene rings is 1. The van der Waals surface area contributed by atoms with Gasteiger partial charge in [-0.25, -0.2) is 0 Å². The zero-order chi connectivity index (χ0) is 11.4. The largest absolute Gasteiger partial charge is 0.508 e. The Morgan fingerprint density at radius 2 is 2.00 bits per heavy atom. The van der Waals surface area contributed by atoms with Crippen molar-refractivity contribution in [2.45, 2.75) is 25.3 Å². The van der Waals surface area contributed by atoms with Crippen molar-refractivity contribution in [2.75, 3.05) is 13.1 Å². The Bertz CT molecular complexity index is 391. The van der Waals surface area contributed by atoms with Gasteiger partial charge in [0.25, 0.3) is 0 Å². The summed E-state index contributed by atoms with van der Waals surface area (Å²) < 4.78 is 0. The summed E-state index contributed by atoms with van der Waals surface area (Å²) in [5, 5.41) is 18.7. The van der Waals surface area contributed by atoms with E-state index in [1.807, 2.05) is 6.07 Å². The lowest BCUT2D eigenvalue weighted by Crippen LogP contribution is -2.33. The van der Waals surface area contributed by atoms with Crippen molar-refractivity contribution in [3.05, 3.63) is 29.8 Å². The third-order valence-electron chi connectivity index (χ3n) is 3.06. The van der Waals surface area contributed by atoms with Crippen LogP contribution in [0, 0.1) is 11.3 Å². The molecule has 1 saturated heterocycles. The molecule has 3 nitrogen and oxygen atoms in total. The van der Waals surface area contributed by atoms with Crippen molar-refractivity contribution < 1.29 is 5.11 Å². The van der Waals surface area contributed by atoms with Gasteiger partial charge in [0.2, 0.25) is 0 Å². The lowest BCUT2D eigenvalue weighted by Gasteiger charge is -2.30. The lowest BCUT2D eigenvalue weighted by atomic mass is 10.0. The summed E-state index contributed by atoms with van der Waals surface area (Å²) in [6, 6.07) is 9.13. The van der Waals surface area contributed by atoms with Gasteiger partial charge in [-0.1, -0.05) is 18.6 Å². The molecule has 0 amide bonds. The molecule has 1 aromatic carbocycles. The predicted molar refractivity (Wildman–Crippen MR) is 61.9 cm³/mol. The molecule has 1 aliphatic rings. The Morgan fingerprint density at radius 1 is 1.25 bits per heavy atom. The Morgan fingerprint density at radius 3 is 2.62 bits per heavy atom. The van der Waals surface area contributed by atoms with Crippen molar-refractivity contribution in [3.8, 4) is 11.8 Å². The quantitative estimate of drug-likeness (QED) is 0.826. The first kappa shape index (κ1) is 11.0. The summed E-state index contributed by atoms with van der Waals surface area (Å²) in [7, 11) is 0. The highest BCUT2D eigenvalue weighted by atomic mass is 16.3. The van der Waals surface area contributed by atoms with Crippen LogP contribution in [0.5, 0.6) is 5.75 Å². The first-order valence-corrected chi connectivity index (χ1v) is 5.74. The normalized spacial score (nSPS) is 18.9. The smallest absolute Gasteiger partial charge is 0.123 e. The first-order valence-electron chi connectivity index (χ1n) is 5.74. The molecule has 0 aliphatic carbocycles. The summed E-state index contributed by atoms with van der Waals surface area (Å²) in [5.74, 6) is 0.231. The summed E-state index contributed by atoms with van der Waals surface area (Å²) in [6.07, 6.45) is 3.59. The molecule has 84 valence electrons. The molecule has 0 aromatic heterocycles. The van der Waals surface area contributed by atoms with Crippen LogP contribution in [0.15, 0.2) is 24.3 Å². The molecule has 1 aliphatic heterocycles. The molecule has 1 aromatic rings. The molecule has 16 heavy (non-hydrogen) atoms. The molecule has 0 spiro atoms. The Kier molecular flexibility index (Phi) is 3.43. The Balaban J connectivity index is 2.18. The molecule has 1 fully saturated rings. The number of aromatic hydroxyl groups is 1. The van der Waals surface area contributed by atoms with Gasteiger partial charge in [-0.3, -0.25) is 4.90 Å². The minimum Gasteiger partial charge on any atom is -0.508 e. The molecule has 1 N–H and O–H groups in total. The molecule has 0 radical (unpaired) electrons. The zero-order valence-corrected chi connectivity index (χ0v) is 9.26. The molecule has 1 atom stereocenters. The van der Waals surface area contributed by atoms with E-state index < -0.39 is 0 Å². The van der Waals surface area contributed by atoms with Crippen LogP contribution in [0.3, 0.4) is 0 Å². The standard InChI is InChI=1S/C13H16N2O/c14-10-13(15-7-2-1-3-8-15)11-5-4-6-12(16)9-11/h4-6,9,13,16H,1-3,7-8H2. The fraction of sp³-hybridized carbons (Fsp3) is 0.462. The SMILES string of the molecule is N#CC(c1cccc(O)c1)N1CCCCC1. The van der Waals surface area contributed by atoms with E-state index in [1.54, 1.807) is 18.2 Å². The number of rotatable bonds is 2. The maximum atomic E-state index is 9.43. The first-order chi connectivity index (χ1) is 7.81. The molecular formula is C13H16N2O. The van der Waals surface area contributed by atoms with Gasteiger partial charge in [0.15, 0.2) is 0 Å². The van der Waals surface area contributed by atoms with E-state index in [4.69, 9.17) is 0 Å². The van der Waals surface area contributed by atoms with Crippen molar-refractivity contribution in [1.82, 2.24) is 4.90 Å². The highest BCUT2D eigenvalue weighted by Gasteiger charge is 2.21. The minimum atomic E-state index is -0.215. The zero-order valence-electron chi connectivity index (χ0n) is 9.26. The van der Waals surface area contributed by atoms with Gasteiger partial charge in [-0.2, -0.15) is 5.26 Å². The van der Waals surface area contributed by atoms with E-state index in [0.717, 1.165) is 31.5 Å². The van der Waals surface area contributed by atoms with Crippen LogP contribution in [0.4, 0.5) is 0 Å². The summed E-state index contributed by atoms with van der Waals surface area (Å²) in [5.41, 5.74) is 0.893. The van der Waals surface area contributed by atoms with Crippen molar-refractivity contribution >= 4 is 0 Å². The van der Waals surface area contributed by atoms with Crippen molar-refractivity contribution in [1.29, 1.82) is 5.26 Å². The Labute approximate surface area is 95.9 Å². The molecule has 1 unspecified atom stereocenters. The number of hydrogen-bond acceptors (Lipinski definition) is 3. The molecular weight excluding hydrogens is 200 g/mol. The fourth-order valence-corrected chi connectivity index (χ4v) is 2.24. The molecule has 2 rings (SSSR count). The van der Waals surface area contributed by atoms with E-state index in [1.165, 1.54) is 6.42 Å². The van der Waals surface area contributed by atoms with Gasteiger partial charge >= 0.3 is 0 Å². The number of phenols is 1. The average molecular weight is 216 g/mol. The summed E-state index contributed by atoms with van der Waals surface area (Å²) in [6.45, 7) is 1.96. The molecule has 3 heteroatoms. The molecule has 1 heterocycles. The maximum Gasteiger partial charge on any atom is 0.123 e. The number of nitrogens with zero attached hydrogens (tertiary/aromatic N) is 2. The number of phenolic OH excluding ortho intramolecular Hbond substituents is 1. The predicted octanol–water partition coefficient (Wildman–Crippen LogP) is 2.44. The maximum absolute atomic E-state index is 9.43. The Hall–Kier alpha value is -1.53. The van der Waals surface area contributed by atoms with Gasteiger partial charge in [-0.05, 0) is 43.6 Å². The van der Waals surface area contributed by atoms with Crippen molar-refractivity contribution in [3.63, 3.8) is 0 Å². The van der Waals surface area contributed by atoms with Gasteiger partial charge in [0, 0.05) is 0 Å². The summed E-state index contributed by atoms with van der Waals surface area (Å²) >= 11 is 0. The van der Waals surface area contributed by atoms with Crippen LogP contribution in [0.1, 0.15) is 30.9 Å². The number of nitriles is 1. The van der Waals surface area contributed by atoms with E-state index in [-0.39, 0.29) is 11.8 Å². The van der Waals surface area contributed by atoms with Crippen LogP contribution >= 0.6 is 0 Å². The van der Waals surface area contributed by atoms with Crippen LogP contribution in [0.2, 0.25) is 0 Å². The average Bonchev–Trinajstić information content (AvgIpc) is 2.31. The van der Waals surface area contributed by atoms with Gasteiger partial charge in [0.1, 0.15) is 11.8 Å². The van der Waals surface area contributed by atoms with Gasteiger partial charge in [0.05, 0.1) is 6.07 Å². The summed E-state index contributed by atoms with van der Waals surface area (Å²) in [4.78, 5) is 2.19. The van der Waals surface area contributed by atoms with Crippen LogP contribution in [-0.4, -0.2) is 23.1 Å². The van der Waals surface area contributed by atoms with Crippen LogP contribution < -0.4 is 0 Å². The number of hydrogen-bond donors (Lipinski definition) is 1. The van der Waals surface area contributed by atoms with Gasteiger partial charge < -0.3 is 5.11 Å². The third kappa shape index (κ3) is 2.34. The van der Waals surface area contributed by atoms with Crippen molar-refractivity contribution in [2.24, 2.45) is 0 Å². The highest BCUT2D eigenvalue weighted by molar-refractivity contribution is 5.32. The lowest BCUT2D eigenvalue weighted by molar-refractivity contribution is 0.196. The highest BCUT2D eigenvalue weighted by Crippen LogP contribution is 2.25. The second-order valence-electron chi connectivity index (χ2n) is 4.22. The second-order valence-corrected chi connectivity index (χ2v) is 4.22. The topological polar surface area (TPSA) is 47.3 Å². The van der Waals surface area contributed by atoms with Crippen LogP contribution in [0.25, 0.3) is 0 Å². The monoisotopic (exact) mass is 216 g/mol. The van der Waals surface area contributed by atoms with E-state index >= 15 is 0 Å². The number of piperidine rings is 1. The van der Waals surface area contributed by atoms with E-state index in [9.17, 15) is 10.4 Å². The fourth-order valence-electron chi connectivity index (χ4n) is 2.24. The second kappa shape index (κ2) is 5.00.